The monoisotopic (exact) mass is 189 g/mol. The molecule has 0 fully saturated rings. The van der Waals surface area contributed by atoms with E-state index in [-0.39, 0.29) is 0 Å². The molecular weight excluding hydrogens is 178 g/mol. The number of carbonyl (C=O) groups excluding carboxylic acids is 1. The zero-order valence-electron chi connectivity index (χ0n) is 7.90. The summed E-state index contributed by atoms with van der Waals surface area (Å²) >= 11 is 0. The molecule has 72 valence electrons. The first-order valence-electron chi connectivity index (χ1n) is 4.50. The number of hydrogen-bond acceptors (Lipinski definition) is 2. The number of hydrogen-bond donors (Lipinski definition) is 1. The van der Waals surface area contributed by atoms with Gasteiger partial charge in [0.15, 0.2) is 0 Å². The van der Waals surface area contributed by atoms with Gasteiger partial charge in [-0.2, -0.15) is 9.78 Å². The van der Waals surface area contributed by atoms with Crippen molar-refractivity contribution in [2.45, 2.75) is 13.3 Å². The number of fused-ring (bicyclic) bond motifs is 1. The van der Waals surface area contributed by atoms with E-state index < -0.39 is 6.03 Å². The highest BCUT2D eigenvalue weighted by atomic mass is 16.2. The third kappa shape index (κ3) is 1.16. The van der Waals surface area contributed by atoms with Crippen LogP contribution in [0.1, 0.15) is 12.6 Å². The van der Waals surface area contributed by atoms with Gasteiger partial charge in [-0.25, -0.2) is 4.79 Å². The summed E-state index contributed by atoms with van der Waals surface area (Å²) < 4.78 is 1.24. The summed E-state index contributed by atoms with van der Waals surface area (Å²) in [6, 6.07) is 7.03. The van der Waals surface area contributed by atoms with E-state index in [1.807, 2.05) is 31.2 Å². The molecule has 0 aliphatic heterocycles. The highest BCUT2D eigenvalue weighted by Gasteiger charge is 2.10. The summed E-state index contributed by atoms with van der Waals surface area (Å²) in [6.07, 6.45) is 0.792. The van der Waals surface area contributed by atoms with Crippen LogP contribution < -0.4 is 5.73 Å². The second-order valence-electron chi connectivity index (χ2n) is 3.07. The molecule has 1 aromatic carbocycles. The van der Waals surface area contributed by atoms with Crippen LogP contribution in [0.25, 0.3) is 10.9 Å². The van der Waals surface area contributed by atoms with Crippen LogP contribution in [-0.4, -0.2) is 15.8 Å². The van der Waals surface area contributed by atoms with Crippen molar-refractivity contribution in [2.75, 3.05) is 0 Å². The molecule has 1 heterocycles. The van der Waals surface area contributed by atoms with Crippen LogP contribution in [0.5, 0.6) is 0 Å². The number of aromatic nitrogens is 2. The van der Waals surface area contributed by atoms with Crippen molar-refractivity contribution in [3.63, 3.8) is 0 Å². The minimum atomic E-state index is -0.541. The number of rotatable bonds is 1. The van der Waals surface area contributed by atoms with Crippen LogP contribution in [0.2, 0.25) is 0 Å². The second-order valence-corrected chi connectivity index (χ2v) is 3.07. The normalized spacial score (nSPS) is 10.6. The summed E-state index contributed by atoms with van der Waals surface area (Å²) in [5.74, 6) is 0. The van der Waals surface area contributed by atoms with Crippen molar-refractivity contribution in [2.24, 2.45) is 5.73 Å². The summed E-state index contributed by atoms with van der Waals surface area (Å²) in [7, 11) is 0. The van der Waals surface area contributed by atoms with Gasteiger partial charge in [-0.1, -0.05) is 25.1 Å². The van der Waals surface area contributed by atoms with Crippen LogP contribution in [0.15, 0.2) is 24.3 Å². The molecule has 4 nitrogen and oxygen atoms in total. The van der Waals surface area contributed by atoms with Gasteiger partial charge < -0.3 is 5.73 Å². The van der Waals surface area contributed by atoms with E-state index in [1.54, 1.807) is 0 Å². The molecule has 4 heteroatoms. The van der Waals surface area contributed by atoms with Crippen molar-refractivity contribution in [1.29, 1.82) is 0 Å². The van der Waals surface area contributed by atoms with Gasteiger partial charge in [-0.05, 0) is 12.5 Å². The van der Waals surface area contributed by atoms with Gasteiger partial charge in [0.05, 0.1) is 11.2 Å². The third-order valence-corrected chi connectivity index (χ3v) is 2.21. The summed E-state index contributed by atoms with van der Waals surface area (Å²) in [5, 5.41) is 5.14. The molecule has 2 rings (SSSR count). The van der Waals surface area contributed by atoms with Gasteiger partial charge in [-0.3, -0.25) is 0 Å². The van der Waals surface area contributed by atoms with Crippen molar-refractivity contribution < 1.29 is 4.79 Å². The Bertz CT molecular complexity index is 487. The molecule has 0 saturated heterocycles. The minimum Gasteiger partial charge on any atom is -0.350 e. The summed E-state index contributed by atoms with van der Waals surface area (Å²) in [4.78, 5) is 11.1. The number of para-hydroxylation sites is 1. The fraction of sp³-hybridized carbons (Fsp3) is 0.200. The van der Waals surface area contributed by atoms with Crippen molar-refractivity contribution in [1.82, 2.24) is 9.78 Å². The molecule has 0 aliphatic carbocycles. The highest BCUT2D eigenvalue weighted by molar-refractivity contribution is 5.90. The third-order valence-electron chi connectivity index (χ3n) is 2.21. The Labute approximate surface area is 81.3 Å². The Morgan fingerprint density at radius 1 is 1.50 bits per heavy atom. The van der Waals surface area contributed by atoms with Gasteiger partial charge >= 0.3 is 6.03 Å². The van der Waals surface area contributed by atoms with Crippen molar-refractivity contribution in [3.8, 4) is 0 Å². The van der Waals surface area contributed by atoms with E-state index in [4.69, 9.17) is 5.73 Å². The SMILES string of the molecule is CCc1nn(C(N)=O)c2ccccc12. The summed E-state index contributed by atoms with van der Waals surface area (Å²) in [6.45, 7) is 2.00. The van der Waals surface area contributed by atoms with Crippen molar-refractivity contribution >= 4 is 16.9 Å². The lowest BCUT2D eigenvalue weighted by molar-refractivity contribution is 0.248. The van der Waals surface area contributed by atoms with Gasteiger partial charge in [0.2, 0.25) is 0 Å². The predicted molar refractivity (Wildman–Crippen MR) is 54.1 cm³/mol. The Kier molecular flexibility index (Phi) is 1.96. The molecule has 0 atom stereocenters. The summed E-state index contributed by atoms with van der Waals surface area (Å²) in [5.41, 5.74) is 6.89. The van der Waals surface area contributed by atoms with E-state index in [1.165, 1.54) is 4.68 Å². The van der Waals surface area contributed by atoms with Crippen molar-refractivity contribution in [3.05, 3.63) is 30.0 Å². The zero-order valence-corrected chi connectivity index (χ0v) is 7.90. The first-order chi connectivity index (χ1) is 6.74. The Morgan fingerprint density at radius 2 is 2.21 bits per heavy atom. The average Bonchev–Trinajstić information content (AvgIpc) is 2.56. The van der Waals surface area contributed by atoms with Crippen LogP contribution >= 0.6 is 0 Å². The Hall–Kier alpha value is -1.84. The smallest absolute Gasteiger partial charge is 0.340 e. The maximum atomic E-state index is 11.1. The first-order valence-corrected chi connectivity index (χ1v) is 4.50. The number of amides is 1. The fourth-order valence-electron chi connectivity index (χ4n) is 1.56. The minimum absolute atomic E-state index is 0.541. The van der Waals surface area contributed by atoms with E-state index in [9.17, 15) is 4.79 Å². The van der Waals surface area contributed by atoms with Gasteiger partial charge in [0.1, 0.15) is 0 Å². The molecule has 0 radical (unpaired) electrons. The van der Waals surface area contributed by atoms with Gasteiger partial charge in [-0.15, -0.1) is 0 Å². The molecular formula is C10H11N3O. The number of carbonyl (C=O) groups is 1. The standard InChI is InChI=1S/C10H11N3O/c1-2-8-7-5-3-4-6-9(7)13(12-8)10(11)14/h3-6H,2H2,1H3,(H2,11,14). The molecule has 0 saturated carbocycles. The molecule has 0 spiro atoms. The van der Waals surface area contributed by atoms with Crippen LogP contribution in [0.4, 0.5) is 4.79 Å². The second kappa shape index (κ2) is 3.14. The van der Waals surface area contributed by atoms with E-state index in [2.05, 4.69) is 5.10 Å². The fourth-order valence-corrected chi connectivity index (χ4v) is 1.56. The number of benzene rings is 1. The lowest BCUT2D eigenvalue weighted by Gasteiger charge is -1.94. The van der Waals surface area contributed by atoms with E-state index in [0.29, 0.717) is 0 Å². The van der Waals surface area contributed by atoms with Gasteiger partial charge in [0.25, 0.3) is 0 Å². The Morgan fingerprint density at radius 3 is 2.86 bits per heavy atom. The van der Waals surface area contributed by atoms with Crippen LogP contribution in [0.3, 0.4) is 0 Å². The maximum absolute atomic E-state index is 11.1. The van der Waals surface area contributed by atoms with Gasteiger partial charge in [0, 0.05) is 5.39 Å². The van der Waals surface area contributed by atoms with E-state index >= 15 is 0 Å². The maximum Gasteiger partial charge on any atom is 0.340 e. The topological polar surface area (TPSA) is 60.9 Å². The first kappa shape index (κ1) is 8.74. The molecule has 0 unspecified atom stereocenters. The number of nitrogens with zero attached hydrogens (tertiary/aromatic N) is 2. The number of primary amides is 1. The van der Waals surface area contributed by atoms with E-state index in [0.717, 1.165) is 23.0 Å². The number of aryl methyl sites for hydroxylation is 1. The molecule has 2 N–H and O–H groups in total. The largest absolute Gasteiger partial charge is 0.350 e. The average molecular weight is 189 g/mol. The molecule has 2 aromatic rings. The van der Waals surface area contributed by atoms with Crippen LogP contribution in [0, 0.1) is 0 Å². The molecule has 0 bridgehead atoms. The molecule has 1 amide bonds. The zero-order chi connectivity index (χ0) is 10.1. The number of nitrogens with two attached hydrogens (primary N) is 1. The molecule has 0 aliphatic rings. The quantitative estimate of drug-likeness (QED) is 0.739. The molecule has 14 heavy (non-hydrogen) atoms. The molecule has 1 aromatic heterocycles. The lowest BCUT2D eigenvalue weighted by atomic mass is 10.2. The predicted octanol–water partition coefficient (Wildman–Crippen LogP) is 1.53. The van der Waals surface area contributed by atoms with Crippen LogP contribution in [-0.2, 0) is 6.42 Å². The Balaban J connectivity index is 2.80. The lowest BCUT2D eigenvalue weighted by Crippen LogP contribution is -2.20. The highest BCUT2D eigenvalue weighted by Crippen LogP contribution is 2.17.